The van der Waals surface area contributed by atoms with Gasteiger partial charge in [0.05, 0.1) is 12.5 Å². The van der Waals surface area contributed by atoms with Crippen LogP contribution in [0.5, 0.6) is 0 Å². The Morgan fingerprint density at radius 2 is 2.00 bits per heavy atom. The summed E-state index contributed by atoms with van der Waals surface area (Å²) < 4.78 is 6.60. The number of esters is 1. The van der Waals surface area contributed by atoms with Crippen LogP contribution in [0.1, 0.15) is 46.1 Å². The quantitative estimate of drug-likeness (QED) is 0.727. The van der Waals surface area contributed by atoms with Crippen molar-refractivity contribution < 1.29 is 14.3 Å². The predicted molar refractivity (Wildman–Crippen MR) is 82.2 cm³/mol. The number of nitrogens with zero attached hydrogens (tertiary/aromatic N) is 5. The van der Waals surface area contributed by atoms with E-state index >= 15 is 0 Å². The number of amides is 1. The second-order valence-electron chi connectivity index (χ2n) is 5.97. The first-order chi connectivity index (χ1) is 11.1. The Balaban J connectivity index is 2.01. The predicted octanol–water partition coefficient (Wildman–Crippen LogP) is 1.06. The molecule has 0 saturated carbocycles. The number of rotatable bonds is 6. The van der Waals surface area contributed by atoms with E-state index in [1.54, 1.807) is 6.92 Å². The molecule has 2 heterocycles. The molecule has 1 saturated heterocycles. The van der Waals surface area contributed by atoms with Crippen molar-refractivity contribution in [3.63, 3.8) is 0 Å². The molecule has 8 nitrogen and oxygen atoms in total. The lowest BCUT2D eigenvalue weighted by atomic mass is 9.94. The molecule has 1 aromatic rings. The normalized spacial score (nSPS) is 18.5. The van der Waals surface area contributed by atoms with Crippen LogP contribution in [-0.4, -0.2) is 56.7 Å². The molecule has 0 radical (unpaired) electrons. The van der Waals surface area contributed by atoms with Crippen LogP contribution in [-0.2, 0) is 14.3 Å². The average Bonchev–Trinajstić information content (AvgIpc) is 3.09. The van der Waals surface area contributed by atoms with Crippen molar-refractivity contribution in [3.05, 3.63) is 6.33 Å². The van der Waals surface area contributed by atoms with E-state index in [1.807, 2.05) is 18.7 Å². The first-order valence-corrected chi connectivity index (χ1v) is 8.26. The summed E-state index contributed by atoms with van der Waals surface area (Å²) in [6, 6.07) is -0.394. The van der Waals surface area contributed by atoms with E-state index in [-0.39, 0.29) is 23.7 Å². The number of hydrogen-bond acceptors (Lipinski definition) is 6. The number of aromatic nitrogens is 4. The van der Waals surface area contributed by atoms with Gasteiger partial charge in [-0.25, -0.2) is 4.68 Å². The van der Waals surface area contributed by atoms with Crippen LogP contribution in [0.25, 0.3) is 0 Å². The number of piperidine rings is 1. The average molecular weight is 323 g/mol. The third-order valence-electron chi connectivity index (χ3n) is 4.51. The second kappa shape index (κ2) is 8.03. The standard InChI is InChI=1S/C15H25N5O3/c1-4-11(3)13(20-10-16-17-18-20)14(21)19-8-6-12(7-9-19)15(22)23-5-2/h10-13H,4-9H2,1-3H3. The molecule has 2 atom stereocenters. The highest BCUT2D eigenvalue weighted by Crippen LogP contribution is 2.26. The fraction of sp³-hybridized carbons (Fsp3) is 0.800. The van der Waals surface area contributed by atoms with E-state index < -0.39 is 6.04 Å². The van der Waals surface area contributed by atoms with Crippen LogP contribution < -0.4 is 0 Å². The molecule has 0 bridgehead atoms. The maximum atomic E-state index is 12.9. The minimum absolute atomic E-state index is 0.0222. The summed E-state index contributed by atoms with van der Waals surface area (Å²) in [5.74, 6) is -0.102. The van der Waals surface area contributed by atoms with Crippen LogP contribution >= 0.6 is 0 Å². The molecule has 1 aromatic heterocycles. The Morgan fingerprint density at radius 1 is 1.30 bits per heavy atom. The molecule has 0 aromatic carbocycles. The lowest BCUT2D eigenvalue weighted by Crippen LogP contribution is -2.45. The van der Waals surface area contributed by atoms with E-state index in [9.17, 15) is 9.59 Å². The highest BCUT2D eigenvalue weighted by Gasteiger charge is 2.34. The fourth-order valence-electron chi connectivity index (χ4n) is 2.92. The van der Waals surface area contributed by atoms with Crippen LogP contribution in [0.4, 0.5) is 0 Å². The molecule has 23 heavy (non-hydrogen) atoms. The van der Waals surface area contributed by atoms with Gasteiger partial charge in [-0.05, 0) is 36.1 Å². The van der Waals surface area contributed by atoms with Gasteiger partial charge in [-0.3, -0.25) is 9.59 Å². The molecule has 0 N–H and O–H groups in total. The van der Waals surface area contributed by atoms with Gasteiger partial charge in [0.25, 0.3) is 0 Å². The first kappa shape index (κ1) is 17.4. The van der Waals surface area contributed by atoms with Gasteiger partial charge in [0.1, 0.15) is 12.4 Å². The molecule has 2 unspecified atom stereocenters. The minimum Gasteiger partial charge on any atom is -0.466 e. The molecule has 0 aliphatic carbocycles. The van der Waals surface area contributed by atoms with Crippen molar-refractivity contribution in [2.24, 2.45) is 11.8 Å². The third kappa shape index (κ3) is 4.05. The molecule has 8 heteroatoms. The summed E-state index contributed by atoms with van der Waals surface area (Å²) in [5, 5.41) is 11.2. The highest BCUT2D eigenvalue weighted by atomic mass is 16.5. The molecule has 1 fully saturated rings. The van der Waals surface area contributed by atoms with E-state index in [0.29, 0.717) is 32.5 Å². The van der Waals surface area contributed by atoms with E-state index in [2.05, 4.69) is 15.5 Å². The Hall–Kier alpha value is -1.99. The van der Waals surface area contributed by atoms with Crippen LogP contribution in [0, 0.1) is 11.8 Å². The number of carbonyl (C=O) groups is 2. The van der Waals surface area contributed by atoms with E-state index in [4.69, 9.17) is 4.74 Å². The number of tetrazole rings is 1. The van der Waals surface area contributed by atoms with Crippen molar-refractivity contribution in [2.45, 2.75) is 46.1 Å². The number of hydrogen-bond donors (Lipinski definition) is 0. The van der Waals surface area contributed by atoms with Gasteiger partial charge in [-0.15, -0.1) is 5.10 Å². The van der Waals surface area contributed by atoms with Crippen LogP contribution in [0.3, 0.4) is 0 Å². The summed E-state index contributed by atoms with van der Waals surface area (Å²) in [5.41, 5.74) is 0. The maximum absolute atomic E-state index is 12.9. The van der Waals surface area contributed by atoms with E-state index in [0.717, 1.165) is 6.42 Å². The SMILES string of the molecule is CCOC(=O)C1CCN(C(=O)C(C(C)CC)n2cnnn2)CC1. The molecular weight excluding hydrogens is 298 g/mol. The zero-order chi connectivity index (χ0) is 16.8. The van der Waals surface area contributed by atoms with Gasteiger partial charge >= 0.3 is 5.97 Å². The van der Waals surface area contributed by atoms with Gasteiger partial charge in [0.2, 0.25) is 5.91 Å². The van der Waals surface area contributed by atoms with Crippen molar-refractivity contribution in [1.29, 1.82) is 0 Å². The largest absolute Gasteiger partial charge is 0.466 e. The number of carbonyl (C=O) groups excluding carboxylic acids is 2. The number of ether oxygens (including phenoxy) is 1. The minimum atomic E-state index is -0.394. The van der Waals surface area contributed by atoms with Gasteiger partial charge in [0, 0.05) is 13.1 Å². The van der Waals surface area contributed by atoms with Gasteiger partial charge < -0.3 is 9.64 Å². The van der Waals surface area contributed by atoms with Crippen molar-refractivity contribution in [2.75, 3.05) is 19.7 Å². The fourth-order valence-corrected chi connectivity index (χ4v) is 2.92. The highest BCUT2D eigenvalue weighted by molar-refractivity contribution is 5.81. The van der Waals surface area contributed by atoms with E-state index in [1.165, 1.54) is 11.0 Å². The zero-order valence-corrected chi connectivity index (χ0v) is 14.0. The number of likely N-dealkylation sites (tertiary alicyclic amines) is 1. The van der Waals surface area contributed by atoms with Gasteiger partial charge in [0.15, 0.2) is 0 Å². The first-order valence-electron chi connectivity index (χ1n) is 8.26. The lowest BCUT2D eigenvalue weighted by molar-refractivity contribution is -0.152. The van der Waals surface area contributed by atoms with Crippen molar-refractivity contribution in [1.82, 2.24) is 25.1 Å². The van der Waals surface area contributed by atoms with Crippen molar-refractivity contribution >= 4 is 11.9 Å². The van der Waals surface area contributed by atoms with Crippen LogP contribution in [0.15, 0.2) is 6.33 Å². The summed E-state index contributed by atoms with van der Waals surface area (Å²) in [6.45, 7) is 7.40. The van der Waals surface area contributed by atoms with Gasteiger partial charge in [-0.1, -0.05) is 20.3 Å². The summed E-state index contributed by atoms with van der Waals surface area (Å²) >= 11 is 0. The molecule has 128 valence electrons. The molecule has 1 aliphatic rings. The van der Waals surface area contributed by atoms with Crippen molar-refractivity contribution in [3.8, 4) is 0 Å². The van der Waals surface area contributed by atoms with Gasteiger partial charge in [-0.2, -0.15) is 0 Å². The topological polar surface area (TPSA) is 90.2 Å². The lowest BCUT2D eigenvalue weighted by Gasteiger charge is -2.34. The summed E-state index contributed by atoms with van der Waals surface area (Å²) in [6.07, 6.45) is 3.64. The molecule has 1 amide bonds. The monoisotopic (exact) mass is 323 g/mol. The Labute approximate surface area is 136 Å². The second-order valence-corrected chi connectivity index (χ2v) is 5.97. The Bertz CT molecular complexity index is 511. The summed E-state index contributed by atoms with van der Waals surface area (Å²) in [4.78, 5) is 26.5. The summed E-state index contributed by atoms with van der Waals surface area (Å²) in [7, 11) is 0. The molecule has 0 spiro atoms. The molecular formula is C15H25N5O3. The molecule has 2 rings (SSSR count). The maximum Gasteiger partial charge on any atom is 0.309 e. The third-order valence-corrected chi connectivity index (χ3v) is 4.51. The smallest absolute Gasteiger partial charge is 0.309 e. The molecule has 1 aliphatic heterocycles. The van der Waals surface area contributed by atoms with Crippen LogP contribution in [0.2, 0.25) is 0 Å². The Kier molecular flexibility index (Phi) is 6.06. The zero-order valence-electron chi connectivity index (χ0n) is 14.0. The Morgan fingerprint density at radius 3 is 2.52 bits per heavy atom.